The van der Waals surface area contributed by atoms with E-state index in [1.807, 2.05) is 0 Å². The molecule has 1 N–H and O–H groups in total. The van der Waals surface area contributed by atoms with E-state index in [0.29, 0.717) is 0 Å². The molecule has 0 saturated heterocycles. The number of aliphatic hydroxyl groups is 1. The third-order valence-electron chi connectivity index (χ3n) is 14.5. The Morgan fingerprint density at radius 2 is 0.809 bits per heavy atom. The second kappa shape index (κ2) is 19.4. The first-order valence-corrected chi connectivity index (χ1v) is 24.4. The Bertz CT molecular complexity index is 2820. The van der Waals surface area contributed by atoms with E-state index in [9.17, 15) is 5.11 Å². The van der Waals surface area contributed by atoms with Crippen molar-refractivity contribution >= 4 is 34.1 Å². The number of rotatable bonds is 12. The molecule has 4 nitrogen and oxygen atoms in total. The fourth-order valence-corrected chi connectivity index (χ4v) is 11.4. The van der Waals surface area contributed by atoms with E-state index in [0.717, 1.165) is 69.4 Å². The molecule has 0 aromatic heterocycles. The van der Waals surface area contributed by atoms with Gasteiger partial charge >= 0.3 is 0 Å². The van der Waals surface area contributed by atoms with E-state index in [1.165, 1.54) is 86.0 Å². The topological polar surface area (TPSA) is 35.9 Å². The highest BCUT2D eigenvalue weighted by Gasteiger charge is 2.36. The van der Waals surface area contributed by atoms with E-state index in [-0.39, 0.29) is 12.0 Å². The zero-order chi connectivity index (χ0) is 47.7. The molecule has 4 heteroatoms. The highest BCUT2D eigenvalue weighted by atomic mass is 16.5. The van der Waals surface area contributed by atoms with Gasteiger partial charge < -0.3 is 19.6 Å². The lowest BCUT2D eigenvalue weighted by molar-refractivity contribution is 0.282. The minimum atomic E-state index is -0.122. The molecular weight excluding hydrogens is 829 g/mol. The average Bonchev–Trinajstić information content (AvgIpc) is 3.33. The Morgan fingerprint density at radius 3 is 1.22 bits per heavy atom. The highest BCUT2D eigenvalue weighted by molar-refractivity contribution is 5.85. The molecule has 0 bridgehead atoms. The minimum Gasteiger partial charge on any atom is -0.495 e. The molecule has 8 aromatic carbocycles. The molecule has 1 aliphatic carbocycles. The highest BCUT2D eigenvalue weighted by Crippen LogP contribution is 2.49. The molecule has 0 amide bonds. The summed E-state index contributed by atoms with van der Waals surface area (Å²) in [6.45, 7) is 17.3. The van der Waals surface area contributed by atoms with Crippen molar-refractivity contribution in [2.45, 2.75) is 99.5 Å². The van der Waals surface area contributed by atoms with Crippen molar-refractivity contribution in [2.24, 2.45) is 0 Å². The number of ether oxygens (including phenoxy) is 1. The van der Waals surface area contributed by atoms with Crippen molar-refractivity contribution in [3.63, 3.8) is 0 Å². The smallest absolute Gasteiger partial charge is 0.143 e. The maximum atomic E-state index is 11.0. The molecule has 8 aromatic rings. The number of benzene rings is 8. The zero-order valence-electron chi connectivity index (χ0n) is 41.5. The van der Waals surface area contributed by atoms with Crippen LogP contribution in [-0.4, -0.2) is 12.2 Å². The van der Waals surface area contributed by atoms with E-state index >= 15 is 0 Å². The summed E-state index contributed by atoms with van der Waals surface area (Å²) in [5.41, 5.74) is 24.5. The SMILES string of the molecule is COc1cc(-c2c(C)cc(C)cc2C)ccc1N(c1ccc(C)cc1)c1ccc(C2(c3ccc(N(c4ccc(C)cc4)c4ccc(-c5c(C)cc(C)cc5C)cc4CO)cc3)CCCCC2)cc1. The quantitative estimate of drug-likeness (QED) is 0.133. The van der Waals surface area contributed by atoms with Gasteiger partial charge in [-0.05, 0) is 197 Å². The number of aryl methyl sites for hydroxylation is 8. The fourth-order valence-electron chi connectivity index (χ4n) is 11.4. The first-order chi connectivity index (χ1) is 32.9. The lowest BCUT2D eigenvalue weighted by atomic mass is 9.65. The summed E-state index contributed by atoms with van der Waals surface area (Å²) in [5.74, 6) is 0.827. The second-order valence-electron chi connectivity index (χ2n) is 19.5. The summed E-state index contributed by atoms with van der Waals surface area (Å²) in [7, 11) is 1.78. The third kappa shape index (κ3) is 8.98. The molecular formula is C64H66N2O2. The number of methoxy groups -OCH3 is 1. The van der Waals surface area contributed by atoms with Crippen LogP contribution in [0.5, 0.6) is 5.75 Å². The van der Waals surface area contributed by atoms with Gasteiger partial charge in [-0.3, -0.25) is 0 Å². The normalized spacial score (nSPS) is 13.3. The van der Waals surface area contributed by atoms with Crippen LogP contribution in [-0.2, 0) is 12.0 Å². The number of hydrogen-bond donors (Lipinski definition) is 1. The Hall–Kier alpha value is -6.88. The van der Waals surface area contributed by atoms with Crippen molar-refractivity contribution in [1.82, 2.24) is 0 Å². The monoisotopic (exact) mass is 895 g/mol. The van der Waals surface area contributed by atoms with Crippen molar-refractivity contribution in [3.05, 3.63) is 219 Å². The first-order valence-electron chi connectivity index (χ1n) is 24.4. The van der Waals surface area contributed by atoms with Crippen LogP contribution in [0, 0.1) is 55.4 Å². The number of hydrogen-bond acceptors (Lipinski definition) is 4. The van der Waals surface area contributed by atoms with Crippen molar-refractivity contribution in [1.29, 1.82) is 0 Å². The molecule has 9 rings (SSSR count). The van der Waals surface area contributed by atoms with Crippen LogP contribution in [0.2, 0.25) is 0 Å². The van der Waals surface area contributed by atoms with Crippen molar-refractivity contribution < 1.29 is 9.84 Å². The van der Waals surface area contributed by atoms with E-state index in [1.54, 1.807) is 7.11 Å². The van der Waals surface area contributed by atoms with Gasteiger partial charge in [-0.2, -0.15) is 0 Å². The van der Waals surface area contributed by atoms with Gasteiger partial charge in [0.1, 0.15) is 5.75 Å². The van der Waals surface area contributed by atoms with E-state index < -0.39 is 0 Å². The summed E-state index contributed by atoms with van der Waals surface area (Å²) in [6, 6.07) is 58.4. The summed E-state index contributed by atoms with van der Waals surface area (Å²) < 4.78 is 6.23. The van der Waals surface area contributed by atoms with Crippen LogP contribution in [0.25, 0.3) is 22.3 Å². The molecule has 0 unspecified atom stereocenters. The van der Waals surface area contributed by atoms with E-state index in [2.05, 4.69) is 223 Å². The summed E-state index contributed by atoms with van der Waals surface area (Å²) in [5, 5.41) is 11.0. The van der Waals surface area contributed by atoms with Crippen molar-refractivity contribution in [2.75, 3.05) is 16.9 Å². The van der Waals surface area contributed by atoms with Gasteiger partial charge in [-0.15, -0.1) is 0 Å². The lowest BCUT2D eigenvalue weighted by Crippen LogP contribution is -2.30. The molecule has 1 fully saturated rings. The Kier molecular flexibility index (Phi) is 13.2. The van der Waals surface area contributed by atoms with Crippen molar-refractivity contribution in [3.8, 4) is 28.0 Å². The summed E-state index contributed by atoms with van der Waals surface area (Å²) in [6.07, 6.45) is 5.81. The largest absolute Gasteiger partial charge is 0.495 e. The Morgan fingerprint density at radius 1 is 0.426 bits per heavy atom. The van der Waals surface area contributed by atoms with Crippen LogP contribution in [0.3, 0.4) is 0 Å². The minimum absolute atomic E-state index is 0.0705. The molecule has 0 radical (unpaired) electrons. The number of nitrogens with zero attached hydrogens (tertiary/aromatic N) is 2. The van der Waals surface area contributed by atoms with Gasteiger partial charge in [-0.25, -0.2) is 0 Å². The first kappa shape index (κ1) is 46.2. The van der Waals surface area contributed by atoms with Gasteiger partial charge in [-0.1, -0.05) is 126 Å². The molecule has 0 aliphatic heterocycles. The number of aliphatic hydroxyl groups excluding tert-OH is 1. The van der Waals surface area contributed by atoms with Crippen LogP contribution in [0.1, 0.15) is 93.3 Å². The van der Waals surface area contributed by atoms with Gasteiger partial charge in [0, 0.05) is 33.7 Å². The molecule has 344 valence electrons. The zero-order valence-corrected chi connectivity index (χ0v) is 41.5. The maximum Gasteiger partial charge on any atom is 0.143 e. The van der Waals surface area contributed by atoms with Crippen LogP contribution in [0.15, 0.2) is 158 Å². The van der Waals surface area contributed by atoms with E-state index in [4.69, 9.17) is 4.74 Å². The molecule has 1 aliphatic rings. The van der Waals surface area contributed by atoms with Crippen LogP contribution >= 0.6 is 0 Å². The Labute approximate surface area is 405 Å². The predicted molar refractivity (Wildman–Crippen MR) is 287 cm³/mol. The third-order valence-corrected chi connectivity index (χ3v) is 14.5. The van der Waals surface area contributed by atoms with Gasteiger partial charge in [0.2, 0.25) is 0 Å². The average molecular weight is 895 g/mol. The fraction of sp³-hybridized carbons (Fsp3) is 0.250. The standard InChI is InChI=1S/C64H66N2O2/c1-42-13-23-55(24-14-42)65(59-31-17-50(39-52(59)41-67)62-46(5)35-44(3)36-47(62)6)57-27-19-53(20-28-57)64(33-11-10-12-34-64)54-21-29-58(30-22-54)66(56-25-15-43(2)16-26-56)60-32-18-51(40-61(60)68-9)63-48(7)37-45(4)38-49(63)8/h13-32,35-40,67H,10-12,33-34,41H2,1-9H3. The molecule has 0 atom stereocenters. The Balaban J connectivity index is 1.09. The van der Waals surface area contributed by atoms with Crippen LogP contribution < -0.4 is 14.5 Å². The van der Waals surface area contributed by atoms with Crippen LogP contribution in [0.4, 0.5) is 34.1 Å². The number of anilines is 6. The molecule has 68 heavy (non-hydrogen) atoms. The summed E-state index contributed by atoms with van der Waals surface area (Å²) >= 11 is 0. The second-order valence-corrected chi connectivity index (χ2v) is 19.5. The predicted octanol–water partition coefficient (Wildman–Crippen LogP) is 17.2. The molecule has 0 heterocycles. The molecule has 0 spiro atoms. The summed E-state index contributed by atoms with van der Waals surface area (Å²) in [4.78, 5) is 4.64. The maximum absolute atomic E-state index is 11.0. The van der Waals surface area contributed by atoms with Gasteiger partial charge in [0.05, 0.1) is 25.1 Å². The van der Waals surface area contributed by atoms with Gasteiger partial charge in [0.15, 0.2) is 0 Å². The lowest BCUT2D eigenvalue weighted by Gasteiger charge is -2.39. The molecule has 1 saturated carbocycles. The van der Waals surface area contributed by atoms with Gasteiger partial charge in [0.25, 0.3) is 0 Å².